The third-order valence-electron chi connectivity index (χ3n) is 5.41. The number of aryl methyl sites for hydroxylation is 1. The first-order valence-corrected chi connectivity index (χ1v) is 9.57. The molecule has 0 radical (unpaired) electrons. The lowest BCUT2D eigenvalue weighted by Gasteiger charge is -2.32. The van der Waals surface area contributed by atoms with E-state index in [2.05, 4.69) is 4.98 Å². The van der Waals surface area contributed by atoms with Crippen LogP contribution in [0.15, 0.2) is 18.2 Å². The number of hydrogen-bond donors (Lipinski definition) is 1. The minimum absolute atomic E-state index is 0.283. The van der Waals surface area contributed by atoms with Crippen LogP contribution in [0, 0.1) is 19.8 Å². The molecule has 0 saturated carbocycles. The first-order valence-electron chi connectivity index (χ1n) is 9.57. The van der Waals surface area contributed by atoms with Gasteiger partial charge in [0.2, 0.25) is 5.91 Å². The van der Waals surface area contributed by atoms with E-state index in [4.69, 9.17) is 10.5 Å². The Bertz CT molecular complexity index is 795. The van der Waals surface area contributed by atoms with Gasteiger partial charge in [0, 0.05) is 30.9 Å². The van der Waals surface area contributed by atoms with Crippen LogP contribution in [0.1, 0.15) is 43.9 Å². The Morgan fingerprint density at radius 3 is 2.73 bits per heavy atom. The molecule has 1 aromatic carbocycles. The zero-order valence-corrected chi connectivity index (χ0v) is 16.0. The normalized spacial score (nSPS) is 15.4. The summed E-state index contributed by atoms with van der Waals surface area (Å²) in [5, 5.41) is 0.908. The van der Waals surface area contributed by atoms with Crippen molar-refractivity contribution in [1.82, 2.24) is 9.88 Å². The van der Waals surface area contributed by atoms with Crippen LogP contribution in [0.5, 0.6) is 5.75 Å². The molecular weight excluding hydrogens is 326 g/mol. The van der Waals surface area contributed by atoms with E-state index < -0.39 is 0 Å². The van der Waals surface area contributed by atoms with Crippen LogP contribution in [-0.2, 0) is 4.79 Å². The van der Waals surface area contributed by atoms with Gasteiger partial charge in [-0.15, -0.1) is 0 Å². The van der Waals surface area contributed by atoms with Gasteiger partial charge in [0.15, 0.2) is 0 Å². The molecule has 1 amide bonds. The van der Waals surface area contributed by atoms with Gasteiger partial charge in [0.1, 0.15) is 5.75 Å². The van der Waals surface area contributed by atoms with Crippen molar-refractivity contribution < 1.29 is 9.53 Å². The molecular formula is C21H29N3O2. The zero-order valence-electron chi connectivity index (χ0n) is 16.0. The third-order valence-corrected chi connectivity index (χ3v) is 5.41. The summed E-state index contributed by atoms with van der Waals surface area (Å²) in [6, 6.07) is 5.91. The molecule has 2 N–H and O–H groups in total. The lowest BCUT2D eigenvalue weighted by Crippen LogP contribution is -2.39. The fourth-order valence-electron chi connectivity index (χ4n) is 3.58. The summed E-state index contributed by atoms with van der Waals surface area (Å²) < 4.78 is 6.15. The van der Waals surface area contributed by atoms with Crippen LogP contribution >= 0.6 is 0 Å². The number of nitrogens with two attached hydrogens (primary N) is 1. The number of rotatable bonds is 5. The summed E-state index contributed by atoms with van der Waals surface area (Å²) in [6.45, 7) is 8.35. The average Bonchev–Trinajstić information content (AvgIpc) is 2.65. The Morgan fingerprint density at radius 1 is 1.31 bits per heavy atom. The molecule has 1 saturated heterocycles. The van der Waals surface area contributed by atoms with Crippen LogP contribution in [0.3, 0.4) is 0 Å². The summed E-state index contributed by atoms with van der Waals surface area (Å²) >= 11 is 0. The van der Waals surface area contributed by atoms with Crippen molar-refractivity contribution in [3.63, 3.8) is 0 Å². The van der Waals surface area contributed by atoms with Crippen LogP contribution in [0.25, 0.3) is 10.9 Å². The summed E-state index contributed by atoms with van der Waals surface area (Å²) in [5.74, 6) is 1.56. The van der Waals surface area contributed by atoms with E-state index in [0.717, 1.165) is 65.9 Å². The van der Waals surface area contributed by atoms with E-state index in [-0.39, 0.29) is 5.91 Å². The van der Waals surface area contributed by atoms with Gasteiger partial charge in [-0.05, 0) is 56.7 Å². The van der Waals surface area contributed by atoms with Crippen LogP contribution in [0.4, 0.5) is 5.69 Å². The number of benzene rings is 1. The molecule has 0 bridgehead atoms. The predicted octanol–water partition coefficient (Wildman–Crippen LogP) is 3.85. The highest BCUT2D eigenvalue weighted by atomic mass is 16.5. The Kier molecular flexibility index (Phi) is 5.64. The zero-order chi connectivity index (χ0) is 18.7. The molecule has 140 valence electrons. The van der Waals surface area contributed by atoms with Crippen molar-refractivity contribution in [3.8, 4) is 5.75 Å². The van der Waals surface area contributed by atoms with Crippen molar-refractivity contribution in [2.45, 2.75) is 46.5 Å². The Labute approximate surface area is 155 Å². The molecule has 1 aliphatic heterocycles. The van der Waals surface area contributed by atoms with E-state index in [1.807, 2.05) is 43.9 Å². The van der Waals surface area contributed by atoms with Gasteiger partial charge < -0.3 is 15.4 Å². The van der Waals surface area contributed by atoms with Crippen molar-refractivity contribution in [1.29, 1.82) is 0 Å². The Morgan fingerprint density at radius 2 is 2.04 bits per heavy atom. The molecule has 0 aliphatic carbocycles. The maximum Gasteiger partial charge on any atom is 0.222 e. The molecule has 1 aromatic heterocycles. The minimum Gasteiger partial charge on any atom is -0.493 e. The number of anilines is 1. The lowest BCUT2D eigenvalue weighted by molar-refractivity contribution is -0.132. The highest BCUT2D eigenvalue weighted by molar-refractivity contribution is 5.97. The second-order valence-corrected chi connectivity index (χ2v) is 7.27. The van der Waals surface area contributed by atoms with Crippen molar-refractivity contribution in [2.75, 3.05) is 25.4 Å². The molecule has 0 atom stereocenters. The van der Waals surface area contributed by atoms with Gasteiger partial charge in [-0.25, -0.2) is 0 Å². The van der Waals surface area contributed by atoms with E-state index >= 15 is 0 Å². The van der Waals surface area contributed by atoms with Crippen molar-refractivity contribution >= 4 is 22.5 Å². The van der Waals surface area contributed by atoms with E-state index in [0.29, 0.717) is 18.9 Å². The number of ether oxygens (including phenoxy) is 1. The first kappa shape index (κ1) is 18.5. The first-order chi connectivity index (χ1) is 12.5. The van der Waals surface area contributed by atoms with Gasteiger partial charge >= 0.3 is 0 Å². The Hall–Kier alpha value is -2.30. The number of pyridine rings is 1. The van der Waals surface area contributed by atoms with Crippen molar-refractivity contribution in [2.24, 2.45) is 5.92 Å². The molecule has 3 rings (SSSR count). The molecule has 0 spiro atoms. The second-order valence-electron chi connectivity index (χ2n) is 7.27. The fraction of sp³-hybridized carbons (Fsp3) is 0.524. The topological polar surface area (TPSA) is 68.5 Å². The highest BCUT2D eigenvalue weighted by Gasteiger charge is 2.23. The number of carbonyl (C=O) groups is 1. The number of likely N-dealkylation sites (tertiary alicyclic amines) is 1. The number of nitrogen functional groups attached to an aromatic ring is 1. The third kappa shape index (κ3) is 3.76. The van der Waals surface area contributed by atoms with Crippen LogP contribution in [-0.4, -0.2) is 35.5 Å². The quantitative estimate of drug-likeness (QED) is 0.884. The molecule has 5 nitrogen and oxygen atoms in total. The van der Waals surface area contributed by atoms with Crippen molar-refractivity contribution in [3.05, 3.63) is 29.5 Å². The SMILES string of the molecule is CCCC(=O)N1CCC(COc2cccc3nc(C)c(C)c(N)c23)CC1. The molecule has 1 aliphatic rings. The van der Waals surface area contributed by atoms with E-state index in [1.165, 1.54) is 0 Å². The number of nitrogens with zero attached hydrogens (tertiary/aromatic N) is 2. The number of hydrogen-bond acceptors (Lipinski definition) is 4. The maximum atomic E-state index is 12.0. The molecule has 0 unspecified atom stereocenters. The molecule has 26 heavy (non-hydrogen) atoms. The summed E-state index contributed by atoms with van der Waals surface area (Å²) in [7, 11) is 0. The monoisotopic (exact) mass is 355 g/mol. The number of piperidine rings is 1. The van der Waals surface area contributed by atoms with Crippen LogP contribution in [0.2, 0.25) is 0 Å². The minimum atomic E-state index is 0.283. The van der Waals surface area contributed by atoms with Crippen LogP contribution < -0.4 is 10.5 Å². The van der Waals surface area contributed by atoms with Gasteiger partial charge in [-0.3, -0.25) is 9.78 Å². The lowest BCUT2D eigenvalue weighted by atomic mass is 9.97. The standard InChI is InChI=1S/C21H29N3O2/c1-4-6-19(25)24-11-9-16(10-12-24)13-26-18-8-5-7-17-20(18)21(22)14(2)15(3)23-17/h5,7-8,16H,4,6,9-13H2,1-3H3,(H2,22,23). The summed E-state index contributed by atoms with van der Waals surface area (Å²) in [4.78, 5) is 18.6. The smallest absolute Gasteiger partial charge is 0.222 e. The largest absolute Gasteiger partial charge is 0.493 e. The van der Waals surface area contributed by atoms with E-state index in [1.54, 1.807) is 0 Å². The number of amides is 1. The number of aromatic nitrogens is 1. The second kappa shape index (κ2) is 7.94. The molecule has 2 aromatic rings. The van der Waals surface area contributed by atoms with E-state index in [9.17, 15) is 4.79 Å². The Balaban J connectivity index is 1.66. The van der Waals surface area contributed by atoms with Gasteiger partial charge in [0.05, 0.1) is 17.5 Å². The van der Waals surface area contributed by atoms with Gasteiger partial charge in [0.25, 0.3) is 0 Å². The summed E-state index contributed by atoms with van der Waals surface area (Å²) in [5.41, 5.74) is 9.94. The molecule has 2 heterocycles. The maximum absolute atomic E-state index is 12.0. The highest BCUT2D eigenvalue weighted by Crippen LogP contribution is 2.33. The summed E-state index contributed by atoms with van der Waals surface area (Å²) in [6.07, 6.45) is 3.55. The number of fused-ring (bicyclic) bond motifs is 1. The predicted molar refractivity (Wildman–Crippen MR) is 105 cm³/mol. The van der Waals surface area contributed by atoms with Gasteiger partial charge in [-0.2, -0.15) is 0 Å². The number of carbonyl (C=O) groups excluding carboxylic acids is 1. The average molecular weight is 355 g/mol. The fourth-order valence-corrected chi connectivity index (χ4v) is 3.58. The molecule has 5 heteroatoms. The molecule has 1 fully saturated rings. The van der Waals surface area contributed by atoms with Gasteiger partial charge in [-0.1, -0.05) is 13.0 Å².